The zero-order chi connectivity index (χ0) is 25.1. The second kappa shape index (κ2) is 10.5. The third kappa shape index (κ3) is 5.99. The smallest absolute Gasteiger partial charge is 0.475 e. The van der Waals surface area contributed by atoms with Crippen LogP contribution in [0.4, 0.5) is 17.6 Å². The number of benzene rings is 1. The molecule has 0 aliphatic carbocycles. The second-order valence-electron chi connectivity index (χ2n) is 8.74. The van der Waals surface area contributed by atoms with Gasteiger partial charge in [-0.15, -0.1) is 0 Å². The molecule has 3 heterocycles. The van der Waals surface area contributed by atoms with Crippen LogP contribution in [0.1, 0.15) is 42.5 Å². The fourth-order valence-electron chi connectivity index (χ4n) is 4.64. The molecule has 3 aliphatic rings. The number of carboxylic acid groups (broad SMARTS) is 1. The average molecular weight is 508 g/mol. The first-order chi connectivity index (χ1) is 15.9. The minimum atomic E-state index is -5.08. The Kier molecular flexibility index (Phi) is 8.07. The Morgan fingerprint density at radius 2 is 1.62 bits per heavy atom. The van der Waals surface area contributed by atoms with Gasteiger partial charge in [0.25, 0.3) is 5.91 Å². The number of hydrogen-bond acceptors (Lipinski definition) is 4. The summed E-state index contributed by atoms with van der Waals surface area (Å²) in [6.45, 7) is 4.18. The van der Waals surface area contributed by atoms with Crippen molar-refractivity contribution in [1.29, 1.82) is 0 Å². The number of nitrogens with zero attached hydrogens (tertiary/aromatic N) is 3. The van der Waals surface area contributed by atoms with Crippen LogP contribution in [-0.4, -0.2) is 88.6 Å². The van der Waals surface area contributed by atoms with Crippen LogP contribution in [0.3, 0.4) is 0 Å². The third-order valence-electron chi connectivity index (χ3n) is 6.55. The number of piperidine rings is 1. The van der Waals surface area contributed by atoms with Gasteiger partial charge in [-0.3, -0.25) is 14.5 Å². The van der Waals surface area contributed by atoms with E-state index in [4.69, 9.17) is 21.5 Å². The van der Waals surface area contributed by atoms with E-state index in [1.165, 1.54) is 18.2 Å². The molecule has 1 N–H and O–H groups in total. The normalized spacial score (nSPS) is 22.7. The van der Waals surface area contributed by atoms with E-state index in [1.54, 1.807) is 4.90 Å². The molecule has 1 aromatic carbocycles. The molecule has 1 atom stereocenters. The van der Waals surface area contributed by atoms with E-state index in [2.05, 4.69) is 4.90 Å². The van der Waals surface area contributed by atoms with Gasteiger partial charge in [0, 0.05) is 43.3 Å². The van der Waals surface area contributed by atoms with Crippen LogP contribution >= 0.6 is 11.6 Å². The van der Waals surface area contributed by atoms with Crippen LogP contribution in [0.2, 0.25) is 5.02 Å². The van der Waals surface area contributed by atoms with Crippen molar-refractivity contribution in [2.24, 2.45) is 0 Å². The van der Waals surface area contributed by atoms with Gasteiger partial charge in [-0.1, -0.05) is 11.6 Å². The first-order valence-corrected chi connectivity index (χ1v) is 11.4. The average Bonchev–Trinajstić information content (AvgIpc) is 3.33. The third-order valence-corrected chi connectivity index (χ3v) is 6.78. The van der Waals surface area contributed by atoms with Gasteiger partial charge < -0.3 is 14.9 Å². The standard InChI is InChI=1S/C20H25ClFN3O2.C2HF3O2/c21-15-4-5-17(22)16(12-15)19(27)24-10-3-6-20(14-24)7-11-25(20)13-18(26)23-8-1-2-9-23;3-2(4,5)1(6)7/h4-5,12H,1-3,6-11,13-14H2;(H,6,7). The lowest BCUT2D eigenvalue weighted by molar-refractivity contribution is -0.192. The first kappa shape index (κ1) is 26.2. The summed E-state index contributed by atoms with van der Waals surface area (Å²) >= 11 is 5.95. The molecule has 188 valence electrons. The highest BCUT2D eigenvalue weighted by molar-refractivity contribution is 6.31. The number of aliphatic carboxylic acids is 1. The number of carbonyl (C=O) groups is 3. The van der Waals surface area contributed by atoms with Crippen molar-refractivity contribution in [1.82, 2.24) is 14.7 Å². The van der Waals surface area contributed by atoms with Gasteiger partial charge in [0.2, 0.25) is 5.91 Å². The highest BCUT2D eigenvalue weighted by Crippen LogP contribution is 2.39. The summed E-state index contributed by atoms with van der Waals surface area (Å²) in [4.78, 5) is 40.2. The quantitative estimate of drug-likeness (QED) is 0.634. The van der Waals surface area contributed by atoms with Crippen LogP contribution in [0.5, 0.6) is 0 Å². The minimum Gasteiger partial charge on any atom is -0.475 e. The van der Waals surface area contributed by atoms with Gasteiger partial charge in [-0.25, -0.2) is 9.18 Å². The predicted molar refractivity (Wildman–Crippen MR) is 115 cm³/mol. The van der Waals surface area contributed by atoms with Gasteiger partial charge in [0.1, 0.15) is 5.82 Å². The Morgan fingerprint density at radius 3 is 2.18 bits per heavy atom. The fourth-order valence-corrected chi connectivity index (χ4v) is 4.81. The zero-order valence-electron chi connectivity index (χ0n) is 18.4. The lowest BCUT2D eigenvalue weighted by atomic mass is 9.77. The zero-order valence-corrected chi connectivity index (χ0v) is 19.2. The van der Waals surface area contributed by atoms with Crippen molar-refractivity contribution in [3.05, 3.63) is 34.6 Å². The van der Waals surface area contributed by atoms with Crippen LogP contribution in [0.25, 0.3) is 0 Å². The van der Waals surface area contributed by atoms with Gasteiger partial charge in [0.15, 0.2) is 0 Å². The summed E-state index contributed by atoms with van der Waals surface area (Å²) in [6.07, 6.45) is -0.0960. The van der Waals surface area contributed by atoms with Gasteiger partial charge in [0.05, 0.1) is 12.1 Å². The molecule has 12 heteroatoms. The molecule has 3 aliphatic heterocycles. The summed E-state index contributed by atoms with van der Waals surface area (Å²) in [5, 5.41) is 7.48. The van der Waals surface area contributed by atoms with Crippen molar-refractivity contribution in [3.63, 3.8) is 0 Å². The Hall–Kier alpha value is -2.40. The molecule has 0 saturated carbocycles. The number of amides is 2. The van der Waals surface area contributed by atoms with Crippen molar-refractivity contribution < 1.29 is 37.1 Å². The molecular weight excluding hydrogens is 482 g/mol. The number of halogens is 5. The topological polar surface area (TPSA) is 81.2 Å². The van der Waals surface area contributed by atoms with E-state index in [1.807, 2.05) is 4.90 Å². The van der Waals surface area contributed by atoms with Crippen molar-refractivity contribution >= 4 is 29.4 Å². The molecule has 3 saturated heterocycles. The summed E-state index contributed by atoms with van der Waals surface area (Å²) in [6, 6.07) is 4.08. The van der Waals surface area contributed by atoms with E-state index in [0.29, 0.717) is 24.7 Å². The van der Waals surface area contributed by atoms with Crippen LogP contribution in [0, 0.1) is 5.82 Å². The fraction of sp³-hybridized carbons (Fsp3) is 0.591. The van der Waals surface area contributed by atoms with Crippen LogP contribution in [-0.2, 0) is 9.59 Å². The van der Waals surface area contributed by atoms with E-state index < -0.39 is 18.0 Å². The van der Waals surface area contributed by atoms with E-state index >= 15 is 0 Å². The molecule has 1 spiro atoms. The highest BCUT2D eigenvalue weighted by atomic mass is 35.5. The SMILES string of the molecule is O=C(CN1CCC12CCCN(C(=O)c1cc(Cl)ccc1F)C2)N1CCCC1.O=C(O)C(F)(F)F. The molecule has 4 rings (SSSR count). The van der Waals surface area contributed by atoms with Crippen molar-refractivity contribution in [3.8, 4) is 0 Å². The molecule has 1 aromatic rings. The predicted octanol–water partition coefficient (Wildman–Crippen LogP) is 3.42. The maximum atomic E-state index is 14.1. The first-order valence-electron chi connectivity index (χ1n) is 11.0. The van der Waals surface area contributed by atoms with E-state index in [-0.39, 0.29) is 22.9 Å². The van der Waals surface area contributed by atoms with Gasteiger partial charge in [-0.05, 0) is 50.3 Å². The molecule has 1 unspecified atom stereocenters. The summed E-state index contributed by atoms with van der Waals surface area (Å²) in [5.74, 6) is -3.42. The van der Waals surface area contributed by atoms with Gasteiger partial charge >= 0.3 is 12.1 Å². The van der Waals surface area contributed by atoms with Crippen molar-refractivity contribution in [2.75, 3.05) is 39.3 Å². The maximum absolute atomic E-state index is 14.1. The number of rotatable bonds is 3. The number of hydrogen-bond donors (Lipinski definition) is 1. The molecule has 2 amide bonds. The lowest BCUT2D eigenvalue weighted by Gasteiger charge is -2.57. The molecule has 0 aromatic heterocycles. The summed E-state index contributed by atoms with van der Waals surface area (Å²) in [5.41, 5.74) is -0.114. The number of alkyl halides is 3. The molecular formula is C22H26ClF4N3O4. The monoisotopic (exact) mass is 507 g/mol. The minimum absolute atomic E-state index is 0.0265. The number of carboxylic acids is 1. The second-order valence-corrected chi connectivity index (χ2v) is 9.18. The van der Waals surface area contributed by atoms with Gasteiger partial charge in [-0.2, -0.15) is 13.2 Å². The molecule has 0 radical (unpaired) electrons. The largest absolute Gasteiger partial charge is 0.490 e. The number of carbonyl (C=O) groups excluding carboxylic acids is 2. The summed E-state index contributed by atoms with van der Waals surface area (Å²) < 4.78 is 45.9. The van der Waals surface area contributed by atoms with Crippen LogP contribution < -0.4 is 0 Å². The molecule has 0 bridgehead atoms. The molecule has 34 heavy (non-hydrogen) atoms. The Bertz CT molecular complexity index is 939. The van der Waals surface area contributed by atoms with Crippen molar-refractivity contribution in [2.45, 2.75) is 43.8 Å². The molecule has 7 nitrogen and oxygen atoms in total. The van der Waals surface area contributed by atoms with E-state index in [0.717, 1.165) is 51.7 Å². The van der Waals surface area contributed by atoms with Crippen LogP contribution in [0.15, 0.2) is 18.2 Å². The van der Waals surface area contributed by atoms with E-state index in [9.17, 15) is 27.2 Å². The maximum Gasteiger partial charge on any atom is 0.490 e. The lowest BCUT2D eigenvalue weighted by Crippen LogP contribution is -2.68. The number of likely N-dealkylation sites (tertiary alicyclic amines) is 3. The Morgan fingerprint density at radius 1 is 1.00 bits per heavy atom. The summed E-state index contributed by atoms with van der Waals surface area (Å²) in [7, 11) is 0. The highest BCUT2D eigenvalue weighted by Gasteiger charge is 2.49. The Balaban J connectivity index is 0.000000406. The Labute approximate surface area is 199 Å². The molecule has 3 fully saturated rings.